The van der Waals surface area contributed by atoms with Gasteiger partial charge in [-0.3, -0.25) is 4.98 Å². The molecule has 0 spiro atoms. The van der Waals surface area contributed by atoms with Crippen LogP contribution in [0, 0.1) is 0 Å². The van der Waals surface area contributed by atoms with Crippen LogP contribution >= 0.6 is 0 Å². The minimum Gasteiger partial charge on any atom is -0.598 e. The van der Waals surface area contributed by atoms with Gasteiger partial charge in [-0.25, -0.2) is 0 Å². The number of aromatic nitrogens is 1. The first-order chi connectivity index (χ1) is 12.4. The molecule has 0 aliphatic carbocycles. The number of hydrogen-bond acceptors (Lipinski definition) is 5. The number of nitrogens with one attached hydrogen (secondary N) is 1. The zero-order chi connectivity index (χ0) is 19.0. The highest BCUT2D eigenvalue weighted by atomic mass is 32.2. The van der Waals surface area contributed by atoms with E-state index in [4.69, 9.17) is 9.47 Å². The number of nitrogens with zero attached hydrogens (tertiary/aromatic N) is 1. The van der Waals surface area contributed by atoms with Gasteiger partial charge in [-0.15, -0.1) is 4.72 Å². The fraction of sp³-hybridized carbons (Fsp3) is 0.450. The molecule has 0 radical (unpaired) electrons. The molecule has 0 fully saturated rings. The Labute approximate surface area is 159 Å². The smallest absolute Gasteiger partial charge is 0.136 e. The molecule has 1 N–H and O–H groups in total. The SMILES string of the molecule is COC(c1ccccn1)C(COCc1ccccc1)N[S+]([O-])C(C)(C)C. The lowest BCUT2D eigenvalue weighted by atomic mass is 10.1. The Balaban J connectivity index is 2.09. The van der Waals surface area contributed by atoms with Crippen LogP contribution in [0.2, 0.25) is 0 Å². The fourth-order valence-electron chi connectivity index (χ4n) is 2.41. The molecule has 6 heteroatoms. The zero-order valence-electron chi connectivity index (χ0n) is 15.8. The molecule has 142 valence electrons. The quantitative estimate of drug-likeness (QED) is 0.680. The van der Waals surface area contributed by atoms with E-state index in [1.807, 2.05) is 69.3 Å². The van der Waals surface area contributed by atoms with Crippen LogP contribution in [0.25, 0.3) is 0 Å². The van der Waals surface area contributed by atoms with Gasteiger partial charge in [0.25, 0.3) is 0 Å². The molecule has 0 aliphatic rings. The Morgan fingerprint density at radius 1 is 1.12 bits per heavy atom. The lowest BCUT2D eigenvalue weighted by Crippen LogP contribution is -2.49. The molecule has 0 saturated heterocycles. The number of rotatable bonds is 9. The lowest BCUT2D eigenvalue weighted by Gasteiger charge is -2.31. The molecule has 2 rings (SSSR count). The van der Waals surface area contributed by atoms with Crippen molar-refractivity contribution in [2.75, 3.05) is 13.7 Å². The average Bonchev–Trinajstić information content (AvgIpc) is 2.63. The number of methoxy groups -OCH3 is 1. The number of hydrogen-bond donors (Lipinski definition) is 1. The topological polar surface area (TPSA) is 66.4 Å². The molecule has 3 unspecified atom stereocenters. The van der Waals surface area contributed by atoms with Gasteiger partial charge < -0.3 is 14.0 Å². The Morgan fingerprint density at radius 2 is 1.81 bits per heavy atom. The maximum Gasteiger partial charge on any atom is 0.136 e. The number of benzene rings is 1. The zero-order valence-corrected chi connectivity index (χ0v) is 16.7. The van der Waals surface area contributed by atoms with Crippen LogP contribution in [-0.4, -0.2) is 34.0 Å². The van der Waals surface area contributed by atoms with E-state index in [1.165, 1.54) is 0 Å². The third kappa shape index (κ3) is 6.37. The first-order valence-electron chi connectivity index (χ1n) is 8.65. The van der Waals surface area contributed by atoms with Crippen molar-refractivity contribution in [1.82, 2.24) is 9.71 Å². The van der Waals surface area contributed by atoms with E-state index < -0.39 is 11.4 Å². The van der Waals surface area contributed by atoms with E-state index in [0.29, 0.717) is 13.2 Å². The first kappa shape index (κ1) is 20.9. The third-order valence-corrected chi connectivity index (χ3v) is 5.45. The van der Waals surface area contributed by atoms with Crippen molar-refractivity contribution in [3.8, 4) is 0 Å². The molecular weight excluding hydrogens is 348 g/mol. The maximum absolute atomic E-state index is 12.6. The van der Waals surface area contributed by atoms with Crippen LogP contribution in [0.1, 0.15) is 38.1 Å². The van der Waals surface area contributed by atoms with Gasteiger partial charge in [0.05, 0.1) is 18.9 Å². The van der Waals surface area contributed by atoms with E-state index in [1.54, 1.807) is 13.3 Å². The van der Waals surface area contributed by atoms with Crippen molar-refractivity contribution in [3.05, 3.63) is 66.0 Å². The highest BCUT2D eigenvalue weighted by molar-refractivity contribution is 7.90. The van der Waals surface area contributed by atoms with Crippen molar-refractivity contribution in [3.63, 3.8) is 0 Å². The van der Waals surface area contributed by atoms with Crippen molar-refractivity contribution < 1.29 is 14.0 Å². The van der Waals surface area contributed by atoms with Crippen LogP contribution in [0.3, 0.4) is 0 Å². The predicted molar refractivity (Wildman–Crippen MR) is 105 cm³/mol. The van der Waals surface area contributed by atoms with Gasteiger partial charge in [-0.1, -0.05) is 36.4 Å². The molecule has 5 nitrogen and oxygen atoms in total. The van der Waals surface area contributed by atoms with Crippen LogP contribution in [0.4, 0.5) is 0 Å². The molecule has 1 aromatic carbocycles. The summed E-state index contributed by atoms with van der Waals surface area (Å²) in [6.45, 7) is 6.63. The third-order valence-electron chi connectivity index (χ3n) is 3.82. The van der Waals surface area contributed by atoms with Gasteiger partial charge in [-0.2, -0.15) is 0 Å². The second-order valence-corrected chi connectivity index (χ2v) is 9.01. The summed E-state index contributed by atoms with van der Waals surface area (Å²) in [5.74, 6) is 0. The van der Waals surface area contributed by atoms with Crippen LogP contribution in [-0.2, 0) is 27.4 Å². The van der Waals surface area contributed by atoms with E-state index in [-0.39, 0.29) is 16.9 Å². The normalized spacial score (nSPS) is 15.4. The predicted octanol–water partition coefficient (Wildman–Crippen LogP) is 3.41. The molecule has 0 bridgehead atoms. The molecular formula is C20H28N2O3S. The van der Waals surface area contributed by atoms with E-state index in [0.717, 1.165) is 11.3 Å². The van der Waals surface area contributed by atoms with E-state index >= 15 is 0 Å². The summed E-state index contributed by atoms with van der Waals surface area (Å²) in [7, 11) is 1.63. The molecule has 0 saturated carbocycles. The summed E-state index contributed by atoms with van der Waals surface area (Å²) in [6, 6.07) is 15.4. The van der Waals surface area contributed by atoms with Crippen molar-refractivity contribution in [1.29, 1.82) is 0 Å². The highest BCUT2D eigenvalue weighted by Gasteiger charge is 2.34. The Morgan fingerprint density at radius 3 is 2.38 bits per heavy atom. The largest absolute Gasteiger partial charge is 0.598 e. The van der Waals surface area contributed by atoms with Crippen molar-refractivity contribution in [2.45, 2.75) is 44.3 Å². The maximum atomic E-state index is 12.6. The Kier molecular flexibility index (Phi) is 8.06. The van der Waals surface area contributed by atoms with Gasteiger partial charge in [-0.05, 0) is 38.5 Å². The summed E-state index contributed by atoms with van der Waals surface area (Å²) >= 11 is -1.25. The number of ether oxygens (including phenoxy) is 2. The number of pyridine rings is 1. The second-order valence-electron chi connectivity index (χ2n) is 7.02. The van der Waals surface area contributed by atoms with Crippen molar-refractivity contribution in [2.24, 2.45) is 0 Å². The summed E-state index contributed by atoms with van der Waals surface area (Å²) in [6.07, 6.45) is 1.36. The van der Waals surface area contributed by atoms with Gasteiger partial charge in [0.1, 0.15) is 16.9 Å². The van der Waals surface area contributed by atoms with Gasteiger partial charge >= 0.3 is 0 Å². The first-order valence-corrected chi connectivity index (χ1v) is 9.80. The van der Waals surface area contributed by atoms with Crippen LogP contribution in [0.5, 0.6) is 0 Å². The highest BCUT2D eigenvalue weighted by Crippen LogP contribution is 2.22. The minimum atomic E-state index is -1.25. The standard InChI is InChI=1S/C20H28N2O3S/c1-20(2,3)26(23)22-18(15-25-14-16-10-6-5-7-11-16)19(24-4)17-12-8-9-13-21-17/h5-13,18-19,22H,14-15H2,1-4H3. The van der Waals surface area contributed by atoms with Crippen molar-refractivity contribution >= 4 is 11.4 Å². The van der Waals surface area contributed by atoms with Crippen LogP contribution in [0.15, 0.2) is 54.7 Å². The Bertz CT molecular complexity index is 635. The van der Waals surface area contributed by atoms with Gasteiger partial charge in [0.2, 0.25) is 0 Å². The molecule has 26 heavy (non-hydrogen) atoms. The van der Waals surface area contributed by atoms with Gasteiger partial charge in [0.15, 0.2) is 0 Å². The Hall–Kier alpha value is -1.44. The average molecular weight is 377 g/mol. The summed E-state index contributed by atoms with van der Waals surface area (Å²) < 4.78 is 27.0. The molecule has 3 atom stereocenters. The molecule has 1 heterocycles. The second kappa shape index (κ2) is 10.0. The van der Waals surface area contributed by atoms with Gasteiger partial charge in [0, 0.05) is 24.7 Å². The lowest BCUT2D eigenvalue weighted by molar-refractivity contribution is 0.0204. The van der Waals surface area contributed by atoms with E-state index in [2.05, 4.69) is 9.71 Å². The van der Waals surface area contributed by atoms with E-state index in [9.17, 15) is 4.55 Å². The summed E-state index contributed by atoms with van der Waals surface area (Å²) in [5, 5.41) is 0. The minimum absolute atomic E-state index is 0.293. The molecule has 1 aromatic heterocycles. The summed E-state index contributed by atoms with van der Waals surface area (Å²) in [5.41, 5.74) is 1.87. The monoisotopic (exact) mass is 376 g/mol. The molecule has 0 amide bonds. The molecule has 0 aliphatic heterocycles. The fourth-order valence-corrected chi connectivity index (χ4v) is 3.23. The van der Waals surface area contributed by atoms with Crippen LogP contribution < -0.4 is 4.72 Å². The molecule has 2 aromatic rings. The summed E-state index contributed by atoms with van der Waals surface area (Å²) in [4.78, 5) is 4.39.